The van der Waals surface area contributed by atoms with Crippen molar-refractivity contribution in [1.29, 1.82) is 5.41 Å². The van der Waals surface area contributed by atoms with Gasteiger partial charge in [-0.15, -0.1) is 0 Å². The van der Waals surface area contributed by atoms with E-state index in [2.05, 4.69) is 23.8 Å². The van der Waals surface area contributed by atoms with Gasteiger partial charge in [-0.2, -0.15) is 0 Å². The molecule has 106 valence electrons. The first-order valence-electron chi connectivity index (χ1n) is 7.31. The molecule has 0 aromatic carbocycles. The van der Waals surface area contributed by atoms with Crippen molar-refractivity contribution in [3.8, 4) is 0 Å². The van der Waals surface area contributed by atoms with Crippen molar-refractivity contribution in [1.82, 2.24) is 9.80 Å². The molecule has 4 heteroatoms. The summed E-state index contributed by atoms with van der Waals surface area (Å²) in [6.45, 7) is 8.58. The van der Waals surface area contributed by atoms with Crippen molar-refractivity contribution in [2.45, 2.75) is 45.6 Å². The third-order valence-electron chi connectivity index (χ3n) is 4.21. The molecule has 2 unspecified atom stereocenters. The minimum Gasteiger partial charge on any atom is -0.387 e. The largest absolute Gasteiger partial charge is 0.387 e. The molecule has 0 radical (unpaired) electrons. The molecule has 1 saturated heterocycles. The molecule has 0 bridgehead atoms. The summed E-state index contributed by atoms with van der Waals surface area (Å²) in [4.78, 5) is 4.93. The van der Waals surface area contributed by atoms with E-state index in [0.717, 1.165) is 25.7 Å². The van der Waals surface area contributed by atoms with Crippen LogP contribution in [0.4, 0.5) is 0 Å². The quantitative estimate of drug-likeness (QED) is 0.537. The monoisotopic (exact) mass is 254 g/mol. The van der Waals surface area contributed by atoms with E-state index < -0.39 is 0 Å². The van der Waals surface area contributed by atoms with Gasteiger partial charge in [-0.05, 0) is 45.9 Å². The van der Waals surface area contributed by atoms with Crippen LogP contribution in [0.2, 0.25) is 0 Å². The van der Waals surface area contributed by atoms with Crippen LogP contribution in [0.15, 0.2) is 0 Å². The van der Waals surface area contributed by atoms with Gasteiger partial charge in [0, 0.05) is 18.5 Å². The standard InChI is InChI=1S/C14H30N4/c1-4-18(11-12(2)14(15)16)10-8-13-7-5-6-9-17(13)3/h12-13H,4-11H2,1-3H3,(H3,15,16). The van der Waals surface area contributed by atoms with Gasteiger partial charge in [0.25, 0.3) is 0 Å². The summed E-state index contributed by atoms with van der Waals surface area (Å²) in [5.74, 6) is 0.484. The number of amidine groups is 1. The second-order valence-corrected chi connectivity index (χ2v) is 5.67. The molecule has 1 aliphatic heterocycles. The Hall–Kier alpha value is -0.610. The fourth-order valence-corrected chi connectivity index (χ4v) is 2.70. The lowest BCUT2D eigenvalue weighted by Crippen LogP contribution is -2.40. The second-order valence-electron chi connectivity index (χ2n) is 5.67. The number of nitrogens with one attached hydrogen (secondary N) is 1. The molecular weight excluding hydrogens is 224 g/mol. The Morgan fingerprint density at radius 2 is 2.22 bits per heavy atom. The van der Waals surface area contributed by atoms with E-state index in [1.54, 1.807) is 0 Å². The molecule has 1 rings (SSSR count). The van der Waals surface area contributed by atoms with Gasteiger partial charge in [0.1, 0.15) is 0 Å². The van der Waals surface area contributed by atoms with E-state index in [4.69, 9.17) is 11.1 Å². The van der Waals surface area contributed by atoms with Gasteiger partial charge in [-0.3, -0.25) is 5.41 Å². The Kier molecular flexibility index (Phi) is 6.65. The van der Waals surface area contributed by atoms with Crippen LogP contribution in [0, 0.1) is 11.3 Å². The van der Waals surface area contributed by atoms with Crippen LogP contribution in [0.3, 0.4) is 0 Å². The van der Waals surface area contributed by atoms with Crippen molar-refractivity contribution < 1.29 is 0 Å². The average Bonchev–Trinajstić information content (AvgIpc) is 2.35. The Morgan fingerprint density at radius 1 is 1.50 bits per heavy atom. The van der Waals surface area contributed by atoms with E-state index in [9.17, 15) is 0 Å². The normalized spacial score (nSPS) is 23.2. The van der Waals surface area contributed by atoms with Crippen LogP contribution < -0.4 is 5.73 Å². The van der Waals surface area contributed by atoms with Crippen molar-refractivity contribution in [3.05, 3.63) is 0 Å². The predicted octanol–water partition coefficient (Wildman–Crippen LogP) is 1.75. The molecule has 0 aromatic heterocycles. The number of nitrogens with two attached hydrogens (primary N) is 1. The highest BCUT2D eigenvalue weighted by molar-refractivity contribution is 5.79. The minimum atomic E-state index is 0.175. The Bertz CT molecular complexity index is 254. The Balaban J connectivity index is 2.32. The molecule has 1 heterocycles. The van der Waals surface area contributed by atoms with Crippen molar-refractivity contribution in [2.24, 2.45) is 11.7 Å². The molecule has 3 N–H and O–H groups in total. The molecule has 0 amide bonds. The van der Waals surface area contributed by atoms with Crippen molar-refractivity contribution in [3.63, 3.8) is 0 Å². The zero-order chi connectivity index (χ0) is 13.5. The summed E-state index contributed by atoms with van der Waals surface area (Å²) in [5, 5.41) is 7.47. The molecule has 1 aliphatic rings. The lowest BCUT2D eigenvalue weighted by Gasteiger charge is -2.34. The molecule has 0 saturated carbocycles. The fraction of sp³-hybridized carbons (Fsp3) is 0.929. The summed E-state index contributed by atoms with van der Waals surface area (Å²) in [6, 6.07) is 0.750. The summed E-state index contributed by atoms with van der Waals surface area (Å²) in [6.07, 6.45) is 5.32. The lowest BCUT2D eigenvalue weighted by molar-refractivity contribution is 0.153. The maximum absolute atomic E-state index is 7.47. The molecule has 0 aromatic rings. The summed E-state index contributed by atoms with van der Waals surface area (Å²) in [7, 11) is 2.25. The van der Waals surface area contributed by atoms with Gasteiger partial charge in [-0.25, -0.2) is 0 Å². The summed E-state index contributed by atoms with van der Waals surface area (Å²) in [5.41, 5.74) is 5.55. The molecule has 18 heavy (non-hydrogen) atoms. The lowest BCUT2D eigenvalue weighted by atomic mass is 9.99. The van der Waals surface area contributed by atoms with Crippen molar-refractivity contribution in [2.75, 3.05) is 33.2 Å². The molecule has 0 spiro atoms. The SMILES string of the molecule is CCN(CCC1CCCCN1C)CC(C)C(=N)N. The highest BCUT2D eigenvalue weighted by Crippen LogP contribution is 2.18. The topological polar surface area (TPSA) is 56.4 Å². The van der Waals surface area contributed by atoms with E-state index >= 15 is 0 Å². The van der Waals surface area contributed by atoms with Gasteiger partial charge in [0.2, 0.25) is 0 Å². The highest BCUT2D eigenvalue weighted by atomic mass is 15.2. The minimum absolute atomic E-state index is 0.175. The number of hydrogen-bond acceptors (Lipinski definition) is 3. The first-order valence-corrected chi connectivity index (χ1v) is 7.31. The van der Waals surface area contributed by atoms with Crippen molar-refractivity contribution >= 4 is 5.84 Å². The van der Waals surface area contributed by atoms with Gasteiger partial charge >= 0.3 is 0 Å². The summed E-state index contributed by atoms with van der Waals surface area (Å²) >= 11 is 0. The smallest absolute Gasteiger partial charge is 0.0947 e. The average molecular weight is 254 g/mol. The Morgan fingerprint density at radius 3 is 2.78 bits per heavy atom. The molecule has 2 atom stereocenters. The van der Waals surface area contributed by atoms with Gasteiger partial charge in [0.15, 0.2) is 0 Å². The molecular formula is C14H30N4. The third-order valence-corrected chi connectivity index (χ3v) is 4.21. The maximum Gasteiger partial charge on any atom is 0.0947 e. The number of piperidine rings is 1. The number of likely N-dealkylation sites (tertiary alicyclic amines) is 1. The fourth-order valence-electron chi connectivity index (χ4n) is 2.70. The van der Waals surface area contributed by atoms with Crippen LogP contribution in [0.25, 0.3) is 0 Å². The number of nitrogens with zero attached hydrogens (tertiary/aromatic N) is 2. The molecule has 1 fully saturated rings. The van der Waals surface area contributed by atoms with Crippen LogP contribution in [-0.4, -0.2) is 54.9 Å². The molecule has 4 nitrogen and oxygen atoms in total. The van der Waals surface area contributed by atoms with E-state index in [1.807, 2.05) is 6.92 Å². The van der Waals surface area contributed by atoms with Gasteiger partial charge in [0.05, 0.1) is 5.84 Å². The second kappa shape index (κ2) is 7.74. The first-order chi connectivity index (χ1) is 8.54. The maximum atomic E-state index is 7.47. The molecule has 0 aliphatic carbocycles. The summed E-state index contributed by atoms with van der Waals surface area (Å²) < 4.78 is 0. The highest BCUT2D eigenvalue weighted by Gasteiger charge is 2.20. The van der Waals surface area contributed by atoms with E-state index in [1.165, 1.54) is 32.2 Å². The van der Waals surface area contributed by atoms with Crippen LogP contribution in [0.5, 0.6) is 0 Å². The van der Waals surface area contributed by atoms with E-state index in [-0.39, 0.29) is 5.92 Å². The zero-order valence-electron chi connectivity index (χ0n) is 12.3. The van der Waals surface area contributed by atoms with Gasteiger partial charge < -0.3 is 15.5 Å². The van der Waals surface area contributed by atoms with Crippen LogP contribution in [0.1, 0.15) is 39.5 Å². The number of hydrogen-bond donors (Lipinski definition) is 2. The Labute approximate surface area is 112 Å². The van der Waals surface area contributed by atoms with E-state index in [0.29, 0.717) is 5.84 Å². The number of rotatable bonds is 7. The zero-order valence-corrected chi connectivity index (χ0v) is 12.3. The predicted molar refractivity (Wildman–Crippen MR) is 78.1 cm³/mol. The first kappa shape index (κ1) is 15.4. The van der Waals surface area contributed by atoms with Gasteiger partial charge in [-0.1, -0.05) is 20.3 Å². The third kappa shape index (κ3) is 4.94. The van der Waals surface area contributed by atoms with Crippen LogP contribution >= 0.6 is 0 Å². The van der Waals surface area contributed by atoms with Crippen LogP contribution in [-0.2, 0) is 0 Å².